The second-order valence-corrected chi connectivity index (χ2v) is 4.27. The summed E-state index contributed by atoms with van der Waals surface area (Å²) in [6.45, 7) is 1.39. The van der Waals surface area contributed by atoms with Crippen LogP contribution in [0.3, 0.4) is 0 Å². The predicted octanol–water partition coefficient (Wildman–Crippen LogP) is 0.124. The predicted molar refractivity (Wildman–Crippen MR) is 63.1 cm³/mol. The fourth-order valence-electron chi connectivity index (χ4n) is 2.28. The maximum Gasteiger partial charge on any atom is 0.310 e. The number of esters is 1. The fourth-order valence-corrected chi connectivity index (χ4v) is 2.28. The van der Waals surface area contributed by atoms with Crippen LogP contribution < -0.4 is 4.90 Å². The lowest BCUT2D eigenvalue weighted by atomic mass is 10.1. The molecule has 1 unspecified atom stereocenters. The smallest absolute Gasteiger partial charge is 0.310 e. The Labute approximate surface area is 103 Å². The third-order valence-corrected chi connectivity index (χ3v) is 3.22. The average molecular weight is 247 g/mol. The average Bonchev–Trinajstić information content (AvgIpc) is 3.05. The van der Waals surface area contributed by atoms with Gasteiger partial charge in [-0.05, 0) is 6.42 Å². The second-order valence-electron chi connectivity index (χ2n) is 4.27. The van der Waals surface area contributed by atoms with Gasteiger partial charge in [0.1, 0.15) is 6.33 Å². The molecule has 0 radical (unpaired) electrons. The number of hydrogen-bond acceptors (Lipinski definition) is 6. The molecule has 94 valence electrons. The summed E-state index contributed by atoms with van der Waals surface area (Å²) in [7, 11) is 1.42. The van der Waals surface area contributed by atoms with Gasteiger partial charge in [-0.2, -0.15) is 0 Å². The van der Waals surface area contributed by atoms with Gasteiger partial charge in [-0.3, -0.25) is 9.20 Å². The first-order chi connectivity index (χ1) is 8.79. The molecule has 7 nitrogen and oxygen atoms in total. The summed E-state index contributed by atoms with van der Waals surface area (Å²) in [6.07, 6.45) is 5.92. The summed E-state index contributed by atoms with van der Waals surface area (Å²) in [5, 5.41) is 7.90. The van der Waals surface area contributed by atoms with Crippen molar-refractivity contribution in [1.29, 1.82) is 0 Å². The van der Waals surface area contributed by atoms with Gasteiger partial charge in [0.15, 0.2) is 5.82 Å². The zero-order valence-electron chi connectivity index (χ0n) is 9.98. The number of anilines is 1. The molecule has 0 N–H and O–H groups in total. The Kier molecular flexibility index (Phi) is 2.58. The van der Waals surface area contributed by atoms with Crippen LogP contribution in [-0.2, 0) is 9.53 Å². The van der Waals surface area contributed by atoms with Crippen molar-refractivity contribution >= 4 is 17.4 Å². The first-order valence-electron chi connectivity index (χ1n) is 5.76. The maximum absolute atomic E-state index is 11.5. The lowest BCUT2D eigenvalue weighted by Crippen LogP contribution is -2.24. The van der Waals surface area contributed by atoms with E-state index in [1.165, 1.54) is 7.11 Å². The normalized spacial score (nSPS) is 19.4. The van der Waals surface area contributed by atoms with Crippen molar-refractivity contribution in [3.63, 3.8) is 0 Å². The minimum Gasteiger partial charge on any atom is -0.469 e. The Bertz CT molecular complexity index is 582. The summed E-state index contributed by atoms with van der Waals surface area (Å²) in [4.78, 5) is 17.9. The van der Waals surface area contributed by atoms with Gasteiger partial charge < -0.3 is 9.64 Å². The molecule has 2 aromatic rings. The van der Waals surface area contributed by atoms with Gasteiger partial charge in [0.2, 0.25) is 5.65 Å². The van der Waals surface area contributed by atoms with Crippen molar-refractivity contribution in [2.45, 2.75) is 6.42 Å². The minimum atomic E-state index is -0.161. The molecule has 1 aliphatic heterocycles. The van der Waals surface area contributed by atoms with Crippen molar-refractivity contribution in [1.82, 2.24) is 19.6 Å². The van der Waals surface area contributed by atoms with Crippen molar-refractivity contribution in [3.05, 3.63) is 18.7 Å². The summed E-state index contributed by atoms with van der Waals surface area (Å²) in [6, 6.07) is 0. The van der Waals surface area contributed by atoms with E-state index in [1.54, 1.807) is 18.7 Å². The molecule has 3 heterocycles. The summed E-state index contributed by atoms with van der Waals surface area (Å²) < 4.78 is 6.58. The molecule has 1 saturated heterocycles. The monoisotopic (exact) mass is 247 g/mol. The highest BCUT2D eigenvalue weighted by Crippen LogP contribution is 2.25. The first-order valence-corrected chi connectivity index (χ1v) is 5.76. The molecule has 3 rings (SSSR count). The van der Waals surface area contributed by atoms with Crippen LogP contribution in [-0.4, -0.2) is 45.8 Å². The Balaban J connectivity index is 1.88. The van der Waals surface area contributed by atoms with Gasteiger partial charge in [-0.25, -0.2) is 4.98 Å². The van der Waals surface area contributed by atoms with Gasteiger partial charge in [-0.15, -0.1) is 10.2 Å². The van der Waals surface area contributed by atoms with Gasteiger partial charge in [0, 0.05) is 25.5 Å². The van der Waals surface area contributed by atoms with E-state index in [-0.39, 0.29) is 11.9 Å². The topological polar surface area (TPSA) is 72.6 Å². The Morgan fingerprint density at radius 1 is 1.56 bits per heavy atom. The second kappa shape index (κ2) is 4.25. The van der Waals surface area contributed by atoms with Gasteiger partial charge in [0.05, 0.1) is 13.0 Å². The van der Waals surface area contributed by atoms with Crippen LogP contribution in [0.2, 0.25) is 0 Å². The lowest BCUT2D eigenvalue weighted by Gasteiger charge is -2.16. The van der Waals surface area contributed by atoms with E-state index in [0.29, 0.717) is 12.2 Å². The Morgan fingerprint density at radius 3 is 3.28 bits per heavy atom. The molecular weight excluding hydrogens is 234 g/mol. The number of carbonyl (C=O) groups excluding carboxylic acids is 1. The van der Waals surface area contributed by atoms with Crippen LogP contribution in [0.4, 0.5) is 5.82 Å². The van der Waals surface area contributed by atoms with Crippen LogP contribution >= 0.6 is 0 Å². The molecular formula is C11H13N5O2. The molecule has 0 aromatic carbocycles. The number of carbonyl (C=O) groups is 1. The molecule has 1 aliphatic rings. The SMILES string of the molecule is COC(=O)C1CCN(c2nccn3cnnc23)C1. The third-order valence-electron chi connectivity index (χ3n) is 3.22. The summed E-state index contributed by atoms with van der Waals surface area (Å²) in [5.74, 6) is 0.521. The summed E-state index contributed by atoms with van der Waals surface area (Å²) in [5.41, 5.74) is 0.711. The zero-order valence-corrected chi connectivity index (χ0v) is 9.98. The fraction of sp³-hybridized carbons (Fsp3) is 0.455. The van der Waals surface area contributed by atoms with Crippen LogP contribution in [0, 0.1) is 5.92 Å². The molecule has 0 aliphatic carbocycles. The number of nitrogens with zero attached hydrogens (tertiary/aromatic N) is 5. The van der Waals surface area contributed by atoms with Crippen molar-refractivity contribution < 1.29 is 9.53 Å². The number of methoxy groups -OCH3 is 1. The van der Waals surface area contributed by atoms with Crippen molar-refractivity contribution in [2.24, 2.45) is 5.92 Å². The van der Waals surface area contributed by atoms with E-state index in [1.807, 2.05) is 9.30 Å². The van der Waals surface area contributed by atoms with Crippen LogP contribution in [0.1, 0.15) is 6.42 Å². The first kappa shape index (κ1) is 10.9. The molecule has 18 heavy (non-hydrogen) atoms. The highest BCUT2D eigenvalue weighted by atomic mass is 16.5. The van der Waals surface area contributed by atoms with E-state index >= 15 is 0 Å². The zero-order chi connectivity index (χ0) is 12.5. The number of fused-ring (bicyclic) bond motifs is 1. The minimum absolute atomic E-state index is 0.0834. The summed E-state index contributed by atoms with van der Waals surface area (Å²) >= 11 is 0. The van der Waals surface area contributed by atoms with Crippen molar-refractivity contribution in [3.8, 4) is 0 Å². The Hall–Kier alpha value is -2.18. The molecule has 0 spiro atoms. The third kappa shape index (κ3) is 1.68. The molecule has 0 bridgehead atoms. The Morgan fingerprint density at radius 2 is 2.44 bits per heavy atom. The standard InChI is InChI=1S/C11H13N5O2/c1-18-11(17)8-2-4-15(6-8)9-10-14-13-7-16(10)5-3-12-9/h3,5,7-8H,2,4,6H2,1H3. The van der Waals surface area contributed by atoms with Gasteiger partial charge >= 0.3 is 5.97 Å². The lowest BCUT2D eigenvalue weighted by molar-refractivity contribution is -0.144. The molecule has 1 fully saturated rings. The van der Waals surface area contributed by atoms with E-state index in [4.69, 9.17) is 4.74 Å². The van der Waals surface area contributed by atoms with Crippen LogP contribution in [0.15, 0.2) is 18.7 Å². The number of ether oxygens (including phenoxy) is 1. The quantitative estimate of drug-likeness (QED) is 0.702. The van der Waals surface area contributed by atoms with Gasteiger partial charge in [0.25, 0.3) is 0 Å². The molecule has 7 heteroatoms. The molecule has 2 aromatic heterocycles. The van der Waals surface area contributed by atoms with E-state index in [0.717, 1.165) is 18.8 Å². The van der Waals surface area contributed by atoms with Crippen LogP contribution in [0.5, 0.6) is 0 Å². The number of rotatable bonds is 2. The number of hydrogen-bond donors (Lipinski definition) is 0. The van der Waals surface area contributed by atoms with Crippen LogP contribution in [0.25, 0.3) is 5.65 Å². The molecule has 1 atom stereocenters. The van der Waals surface area contributed by atoms with Crippen molar-refractivity contribution in [2.75, 3.05) is 25.1 Å². The van der Waals surface area contributed by atoms with E-state index in [9.17, 15) is 4.79 Å². The maximum atomic E-state index is 11.5. The molecule has 0 saturated carbocycles. The molecule has 0 amide bonds. The van der Waals surface area contributed by atoms with E-state index < -0.39 is 0 Å². The van der Waals surface area contributed by atoms with E-state index in [2.05, 4.69) is 15.2 Å². The highest BCUT2D eigenvalue weighted by Gasteiger charge is 2.30. The van der Waals surface area contributed by atoms with Gasteiger partial charge in [-0.1, -0.05) is 0 Å². The highest BCUT2D eigenvalue weighted by molar-refractivity contribution is 5.75. The largest absolute Gasteiger partial charge is 0.469 e. The number of aromatic nitrogens is 4.